The Balaban J connectivity index is 1.63. The maximum absolute atomic E-state index is 12.4. The topological polar surface area (TPSA) is 65.5 Å². The van der Waals surface area contributed by atoms with Gasteiger partial charge in [-0.3, -0.25) is 4.79 Å². The molecule has 2 aliphatic rings. The van der Waals surface area contributed by atoms with E-state index in [-0.39, 0.29) is 18.0 Å². The smallest absolute Gasteiger partial charge is 0.317 e. The first-order chi connectivity index (χ1) is 10.1. The minimum absolute atomic E-state index is 0.0213. The minimum Gasteiger partial charge on any atom is -0.336 e. The predicted octanol–water partition coefficient (Wildman–Crippen LogP) is 1.05. The molecule has 0 aliphatic carbocycles. The quantitative estimate of drug-likeness (QED) is 0.904. The van der Waals surface area contributed by atoms with Gasteiger partial charge in [-0.25, -0.2) is 9.78 Å². The van der Waals surface area contributed by atoms with Gasteiger partial charge in [-0.15, -0.1) is 0 Å². The van der Waals surface area contributed by atoms with Crippen LogP contribution in [0.1, 0.15) is 35.9 Å². The third kappa shape index (κ3) is 2.57. The Hall–Kier alpha value is -2.11. The highest BCUT2D eigenvalue weighted by molar-refractivity contribution is 5.93. The number of aromatic nitrogens is 1. The van der Waals surface area contributed by atoms with Crippen molar-refractivity contribution in [3.63, 3.8) is 0 Å². The van der Waals surface area contributed by atoms with Crippen LogP contribution in [0, 0.1) is 0 Å². The molecule has 3 amide bonds. The summed E-state index contributed by atoms with van der Waals surface area (Å²) in [6, 6.07) is 5.69. The molecule has 2 saturated heterocycles. The lowest BCUT2D eigenvalue weighted by atomic mass is 10.1. The second-order valence-electron chi connectivity index (χ2n) is 5.89. The zero-order valence-corrected chi connectivity index (χ0v) is 12.4. The Labute approximate surface area is 124 Å². The maximum Gasteiger partial charge on any atom is 0.317 e. The average molecular weight is 288 g/mol. The van der Waals surface area contributed by atoms with Crippen LogP contribution in [0.4, 0.5) is 4.79 Å². The van der Waals surface area contributed by atoms with Crippen molar-refractivity contribution in [1.82, 2.24) is 20.1 Å². The molecule has 0 saturated carbocycles. The van der Waals surface area contributed by atoms with Crippen LogP contribution in [0.5, 0.6) is 0 Å². The van der Waals surface area contributed by atoms with E-state index in [1.165, 1.54) is 0 Å². The Morgan fingerprint density at radius 2 is 2.14 bits per heavy atom. The van der Waals surface area contributed by atoms with Gasteiger partial charge in [0.25, 0.3) is 5.91 Å². The van der Waals surface area contributed by atoms with Crippen molar-refractivity contribution in [2.24, 2.45) is 0 Å². The number of urea groups is 1. The van der Waals surface area contributed by atoms with Gasteiger partial charge in [-0.1, -0.05) is 19.9 Å². The molecule has 112 valence electrons. The Morgan fingerprint density at radius 3 is 2.76 bits per heavy atom. The lowest BCUT2D eigenvalue weighted by molar-refractivity contribution is 0.0401. The fourth-order valence-corrected chi connectivity index (χ4v) is 2.71. The molecule has 21 heavy (non-hydrogen) atoms. The largest absolute Gasteiger partial charge is 0.336 e. The van der Waals surface area contributed by atoms with Gasteiger partial charge in [0.1, 0.15) is 5.69 Å². The van der Waals surface area contributed by atoms with E-state index in [4.69, 9.17) is 0 Å². The molecule has 6 heteroatoms. The number of nitrogens with one attached hydrogen (secondary N) is 1. The van der Waals surface area contributed by atoms with Gasteiger partial charge < -0.3 is 15.1 Å². The van der Waals surface area contributed by atoms with Gasteiger partial charge in [-0.05, 0) is 18.1 Å². The third-order valence-corrected chi connectivity index (χ3v) is 4.06. The summed E-state index contributed by atoms with van der Waals surface area (Å²) in [5, 5.41) is 2.79. The van der Waals surface area contributed by atoms with Gasteiger partial charge in [0.05, 0.1) is 6.04 Å². The van der Waals surface area contributed by atoms with Crippen molar-refractivity contribution in [2.75, 3.05) is 26.2 Å². The van der Waals surface area contributed by atoms with Gasteiger partial charge >= 0.3 is 6.03 Å². The Bertz CT molecular complexity index is 567. The highest BCUT2D eigenvalue weighted by Gasteiger charge is 2.39. The predicted molar refractivity (Wildman–Crippen MR) is 78.1 cm³/mol. The summed E-state index contributed by atoms with van der Waals surface area (Å²) in [5.41, 5.74) is 1.42. The van der Waals surface area contributed by atoms with Crippen LogP contribution >= 0.6 is 0 Å². The molecule has 0 spiro atoms. The van der Waals surface area contributed by atoms with E-state index in [0.29, 0.717) is 31.2 Å². The molecule has 0 bridgehead atoms. The Morgan fingerprint density at radius 1 is 1.38 bits per heavy atom. The highest BCUT2D eigenvalue weighted by atomic mass is 16.2. The van der Waals surface area contributed by atoms with Crippen LogP contribution in [0.3, 0.4) is 0 Å². The van der Waals surface area contributed by atoms with Crippen LogP contribution in [-0.2, 0) is 0 Å². The van der Waals surface area contributed by atoms with Crippen molar-refractivity contribution >= 4 is 11.9 Å². The van der Waals surface area contributed by atoms with Crippen molar-refractivity contribution < 1.29 is 9.59 Å². The molecule has 3 heterocycles. The number of rotatable bonds is 3. The molecule has 0 aromatic carbocycles. The van der Waals surface area contributed by atoms with Crippen molar-refractivity contribution in [3.8, 4) is 0 Å². The second kappa shape index (κ2) is 5.35. The van der Waals surface area contributed by atoms with Crippen molar-refractivity contribution in [2.45, 2.75) is 25.8 Å². The van der Waals surface area contributed by atoms with E-state index >= 15 is 0 Å². The second-order valence-corrected chi connectivity index (χ2v) is 5.89. The SMILES string of the molecule is CC(C)c1cccc(C(=O)N2CC(N3CCNC3=O)C2)n1. The van der Waals surface area contributed by atoms with E-state index < -0.39 is 0 Å². The zero-order chi connectivity index (χ0) is 15.0. The van der Waals surface area contributed by atoms with E-state index in [2.05, 4.69) is 24.1 Å². The molecule has 2 aliphatic heterocycles. The average Bonchev–Trinajstić information content (AvgIpc) is 2.83. The van der Waals surface area contributed by atoms with Crippen LogP contribution < -0.4 is 5.32 Å². The van der Waals surface area contributed by atoms with Crippen molar-refractivity contribution in [1.29, 1.82) is 0 Å². The molecule has 1 aromatic heterocycles. The fraction of sp³-hybridized carbons (Fsp3) is 0.533. The van der Waals surface area contributed by atoms with E-state index in [0.717, 1.165) is 12.2 Å². The number of nitrogens with zero attached hydrogens (tertiary/aromatic N) is 3. The molecular formula is C15H20N4O2. The Kier molecular flexibility index (Phi) is 3.53. The summed E-state index contributed by atoms with van der Waals surface area (Å²) in [5.74, 6) is 0.253. The molecule has 1 aromatic rings. The minimum atomic E-state index is -0.0478. The molecule has 6 nitrogen and oxygen atoms in total. The van der Waals surface area contributed by atoms with Crippen LogP contribution in [0.2, 0.25) is 0 Å². The lowest BCUT2D eigenvalue weighted by Crippen LogP contribution is -2.61. The van der Waals surface area contributed by atoms with Gasteiger partial charge in [0, 0.05) is 31.9 Å². The van der Waals surface area contributed by atoms with Gasteiger partial charge in [-0.2, -0.15) is 0 Å². The number of pyridine rings is 1. The molecule has 0 atom stereocenters. The summed E-state index contributed by atoms with van der Waals surface area (Å²) in [4.78, 5) is 32.0. The molecule has 0 radical (unpaired) electrons. The lowest BCUT2D eigenvalue weighted by Gasteiger charge is -2.43. The number of likely N-dealkylation sites (tertiary alicyclic amines) is 1. The molecule has 2 fully saturated rings. The number of carbonyl (C=O) groups excluding carboxylic acids is 2. The number of hydrogen-bond donors (Lipinski definition) is 1. The fourth-order valence-electron chi connectivity index (χ4n) is 2.71. The standard InChI is InChI=1S/C15H20N4O2/c1-10(2)12-4-3-5-13(17-12)14(20)18-8-11(9-18)19-7-6-16-15(19)21/h3-5,10-11H,6-9H2,1-2H3,(H,16,21). The zero-order valence-electron chi connectivity index (χ0n) is 12.4. The summed E-state index contributed by atoms with van der Waals surface area (Å²) >= 11 is 0. The number of carbonyl (C=O) groups is 2. The first-order valence-electron chi connectivity index (χ1n) is 7.37. The summed E-state index contributed by atoms with van der Waals surface area (Å²) < 4.78 is 0. The molecular weight excluding hydrogens is 268 g/mol. The first kappa shape index (κ1) is 13.9. The first-order valence-corrected chi connectivity index (χ1v) is 7.37. The van der Waals surface area contributed by atoms with E-state index in [1.54, 1.807) is 11.0 Å². The summed E-state index contributed by atoms with van der Waals surface area (Å²) in [7, 11) is 0. The van der Waals surface area contributed by atoms with Gasteiger partial charge in [0.15, 0.2) is 0 Å². The van der Waals surface area contributed by atoms with Crippen LogP contribution in [0.25, 0.3) is 0 Å². The molecule has 1 N–H and O–H groups in total. The molecule has 0 unspecified atom stereocenters. The monoisotopic (exact) mass is 288 g/mol. The normalized spacial score (nSPS) is 18.9. The summed E-state index contributed by atoms with van der Waals surface area (Å²) in [6.45, 7) is 6.73. The molecule has 3 rings (SSSR count). The third-order valence-electron chi connectivity index (χ3n) is 4.06. The van der Waals surface area contributed by atoms with Gasteiger partial charge in [0.2, 0.25) is 0 Å². The maximum atomic E-state index is 12.4. The summed E-state index contributed by atoms with van der Waals surface area (Å²) in [6.07, 6.45) is 0. The van der Waals surface area contributed by atoms with E-state index in [9.17, 15) is 9.59 Å². The van der Waals surface area contributed by atoms with Crippen molar-refractivity contribution in [3.05, 3.63) is 29.6 Å². The number of hydrogen-bond acceptors (Lipinski definition) is 3. The van der Waals surface area contributed by atoms with E-state index in [1.807, 2.05) is 17.0 Å². The van der Waals surface area contributed by atoms with Crippen LogP contribution in [-0.4, -0.2) is 58.9 Å². The highest BCUT2D eigenvalue weighted by Crippen LogP contribution is 2.20. The van der Waals surface area contributed by atoms with Crippen LogP contribution in [0.15, 0.2) is 18.2 Å². The number of amides is 3.